The Labute approximate surface area is 190 Å². The van der Waals surface area contributed by atoms with Crippen molar-refractivity contribution < 1.29 is 27.0 Å². The summed E-state index contributed by atoms with van der Waals surface area (Å²) in [5.74, 6) is -0.903. The summed E-state index contributed by atoms with van der Waals surface area (Å²) in [6, 6.07) is 10.2. The monoisotopic (exact) mass is 478 g/mol. The van der Waals surface area contributed by atoms with Crippen LogP contribution in [0, 0.1) is 11.6 Å². The molecule has 2 aromatic carbocycles. The van der Waals surface area contributed by atoms with Gasteiger partial charge in [-0.15, -0.1) is 5.10 Å². The highest BCUT2D eigenvalue weighted by molar-refractivity contribution is 7.89. The van der Waals surface area contributed by atoms with Gasteiger partial charge in [0.15, 0.2) is 0 Å². The quantitative estimate of drug-likeness (QED) is 0.515. The molecule has 8 nitrogen and oxygen atoms in total. The minimum Gasteiger partial charge on any atom is -0.394 e. The average Bonchev–Trinajstić information content (AvgIpc) is 3.27. The number of halogens is 2. The maximum atomic E-state index is 13.9. The van der Waals surface area contributed by atoms with E-state index in [1.54, 1.807) is 29.1 Å². The molecule has 1 aromatic heterocycles. The third-order valence-corrected chi connectivity index (χ3v) is 7.10. The molecule has 11 heteroatoms. The van der Waals surface area contributed by atoms with Crippen LogP contribution >= 0.6 is 0 Å². The Morgan fingerprint density at radius 3 is 2.61 bits per heavy atom. The number of aryl methyl sites for hydroxylation is 1. The van der Waals surface area contributed by atoms with Crippen molar-refractivity contribution in [1.29, 1.82) is 0 Å². The Kier molecular flexibility index (Phi) is 7.13. The van der Waals surface area contributed by atoms with Crippen LogP contribution in [0.15, 0.2) is 59.6 Å². The second-order valence-corrected chi connectivity index (χ2v) is 9.59. The predicted octanol–water partition coefficient (Wildman–Crippen LogP) is 2.50. The van der Waals surface area contributed by atoms with E-state index in [1.807, 2.05) is 0 Å². The molecule has 33 heavy (non-hydrogen) atoms. The van der Waals surface area contributed by atoms with Crippen molar-refractivity contribution in [2.45, 2.75) is 49.0 Å². The van der Waals surface area contributed by atoms with Gasteiger partial charge in [0.05, 0.1) is 35.9 Å². The van der Waals surface area contributed by atoms with Gasteiger partial charge >= 0.3 is 0 Å². The average molecular weight is 479 g/mol. The predicted molar refractivity (Wildman–Crippen MR) is 116 cm³/mol. The van der Waals surface area contributed by atoms with Crippen molar-refractivity contribution in [1.82, 2.24) is 19.7 Å². The molecule has 176 valence electrons. The number of benzene rings is 2. The zero-order chi connectivity index (χ0) is 23.4. The molecule has 3 atom stereocenters. The first-order valence-electron chi connectivity index (χ1n) is 10.5. The third-order valence-electron chi connectivity index (χ3n) is 5.59. The molecule has 1 saturated heterocycles. The Morgan fingerprint density at radius 1 is 1.12 bits per heavy atom. The van der Waals surface area contributed by atoms with E-state index in [9.17, 15) is 22.3 Å². The van der Waals surface area contributed by atoms with Gasteiger partial charge in [-0.05, 0) is 55.7 Å². The summed E-state index contributed by atoms with van der Waals surface area (Å²) in [4.78, 5) is -0.0560. The first-order chi connectivity index (χ1) is 15.9. The molecule has 0 aliphatic carbocycles. The SMILES string of the molecule is O=S(=O)(N[C@H]1CC[C@H](CCn2cc(-c3ccccc3F)nn2)O[C@H]1CO)c1ccc(F)cc1. The van der Waals surface area contributed by atoms with Crippen molar-refractivity contribution in [2.24, 2.45) is 0 Å². The molecule has 0 radical (unpaired) electrons. The number of hydrogen-bond donors (Lipinski definition) is 2. The summed E-state index contributed by atoms with van der Waals surface area (Å²) in [5, 5.41) is 17.8. The normalized spacial score (nSPS) is 21.2. The van der Waals surface area contributed by atoms with E-state index in [4.69, 9.17) is 4.74 Å². The van der Waals surface area contributed by atoms with Gasteiger partial charge in [-0.1, -0.05) is 17.3 Å². The molecule has 0 saturated carbocycles. The number of aliphatic hydroxyl groups excluding tert-OH is 1. The highest BCUT2D eigenvalue weighted by atomic mass is 32.2. The molecule has 1 aliphatic rings. The van der Waals surface area contributed by atoms with Gasteiger partial charge < -0.3 is 9.84 Å². The van der Waals surface area contributed by atoms with Crippen LogP contribution in [0.4, 0.5) is 8.78 Å². The lowest BCUT2D eigenvalue weighted by atomic mass is 9.98. The minimum atomic E-state index is -3.88. The first kappa shape index (κ1) is 23.4. The van der Waals surface area contributed by atoms with Gasteiger partial charge in [-0.2, -0.15) is 0 Å². The maximum Gasteiger partial charge on any atom is 0.240 e. The summed E-state index contributed by atoms with van der Waals surface area (Å²) >= 11 is 0. The minimum absolute atomic E-state index is 0.0560. The fourth-order valence-electron chi connectivity index (χ4n) is 3.84. The van der Waals surface area contributed by atoms with Crippen LogP contribution in [0.1, 0.15) is 19.3 Å². The molecule has 2 heterocycles. The fraction of sp³-hybridized carbons (Fsp3) is 0.364. The van der Waals surface area contributed by atoms with E-state index in [-0.39, 0.29) is 23.4 Å². The maximum absolute atomic E-state index is 13.9. The smallest absolute Gasteiger partial charge is 0.240 e. The molecular formula is C22H24F2N4O4S. The van der Waals surface area contributed by atoms with E-state index in [0.717, 1.165) is 12.1 Å². The standard InChI is InChI=1S/C22H24F2N4O4S/c23-15-5-8-17(9-6-15)33(30,31)26-20-10-7-16(32-22(20)14-29)11-12-28-13-21(25-27-28)18-3-1-2-4-19(18)24/h1-6,8-9,13,16,20,22,26,29H,7,10-12,14H2/t16-,20+,22+/m1/s1. The Bertz CT molecular complexity index is 1190. The van der Waals surface area contributed by atoms with Crippen molar-refractivity contribution >= 4 is 10.0 Å². The molecule has 2 N–H and O–H groups in total. The molecule has 1 aliphatic heterocycles. The summed E-state index contributed by atoms with van der Waals surface area (Å²) in [5.41, 5.74) is 0.801. The molecule has 0 spiro atoms. The summed E-state index contributed by atoms with van der Waals surface area (Å²) in [6.07, 6.45) is 2.33. The first-order valence-corrected chi connectivity index (χ1v) is 12.0. The third kappa shape index (κ3) is 5.61. The molecule has 0 bridgehead atoms. The molecular weight excluding hydrogens is 454 g/mol. The number of ether oxygens (including phenoxy) is 1. The zero-order valence-corrected chi connectivity index (χ0v) is 18.5. The van der Waals surface area contributed by atoms with Crippen LogP contribution < -0.4 is 4.72 Å². The Morgan fingerprint density at radius 2 is 1.88 bits per heavy atom. The number of nitrogens with one attached hydrogen (secondary N) is 1. The van der Waals surface area contributed by atoms with Gasteiger partial charge in [0.1, 0.15) is 17.3 Å². The molecule has 0 unspecified atom stereocenters. The van der Waals surface area contributed by atoms with Crippen molar-refractivity contribution in [3.05, 3.63) is 66.4 Å². The number of hydrogen-bond acceptors (Lipinski definition) is 6. The van der Waals surface area contributed by atoms with E-state index in [1.165, 1.54) is 18.2 Å². The van der Waals surface area contributed by atoms with Crippen molar-refractivity contribution in [3.63, 3.8) is 0 Å². The van der Waals surface area contributed by atoms with Crippen molar-refractivity contribution in [3.8, 4) is 11.3 Å². The fourth-order valence-corrected chi connectivity index (χ4v) is 5.13. The van der Waals surface area contributed by atoms with E-state index in [2.05, 4.69) is 15.0 Å². The number of nitrogens with zero attached hydrogens (tertiary/aromatic N) is 3. The highest BCUT2D eigenvalue weighted by Gasteiger charge is 2.34. The number of rotatable bonds is 8. The zero-order valence-electron chi connectivity index (χ0n) is 17.6. The van der Waals surface area contributed by atoms with Gasteiger partial charge in [-0.3, -0.25) is 4.68 Å². The molecule has 3 aromatic rings. The largest absolute Gasteiger partial charge is 0.394 e. The topological polar surface area (TPSA) is 106 Å². The summed E-state index contributed by atoms with van der Waals surface area (Å²) in [6.45, 7) is 0.115. The second kappa shape index (κ2) is 10.0. The lowest BCUT2D eigenvalue weighted by Gasteiger charge is -2.36. The van der Waals surface area contributed by atoms with Gasteiger partial charge in [0.2, 0.25) is 10.0 Å². The molecule has 0 amide bonds. The van der Waals surface area contributed by atoms with Crippen molar-refractivity contribution in [2.75, 3.05) is 6.61 Å². The molecule has 1 fully saturated rings. The van der Waals surface area contributed by atoms with Gasteiger partial charge in [0, 0.05) is 12.1 Å². The Hall–Kier alpha value is -2.73. The number of sulfonamides is 1. The Balaban J connectivity index is 1.34. The van der Waals surface area contributed by atoms with Crippen LogP contribution in [0.2, 0.25) is 0 Å². The highest BCUT2D eigenvalue weighted by Crippen LogP contribution is 2.25. The van der Waals surface area contributed by atoms with Gasteiger partial charge in [-0.25, -0.2) is 21.9 Å². The van der Waals surface area contributed by atoms with Crippen LogP contribution in [0.5, 0.6) is 0 Å². The molecule has 4 rings (SSSR count). The van der Waals surface area contributed by atoms with Crippen LogP contribution in [0.3, 0.4) is 0 Å². The van der Waals surface area contributed by atoms with Gasteiger partial charge in [0.25, 0.3) is 0 Å². The number of aromatic nitrogens is 3. The summed E-state index contributed by atoms with van der Waals surface area (Å²) < 4.78 is 62.3. The lowest BCUT2D eigenvalue weighted by Crippen LogP contribution is -2.50. The van der Waals surface area contributed by atoms with E-state index >= 15 is 0 Å². The van der Waals surface area contributed by atoms with E-state index < -0.39 is 28.0 Å². The van der Waals surface area contributed by atoms with Crippen LogP contribution in [0.25, 0.3) is 11.3 Å². The summed E-state index contributed by atoms with van der Waals surface area (Å²) in [7, 11) is -3.88. The van der Waals surface area contributed by atoms with Crippen LogP contribution in [-0.4, -0.2) is 53.4 Å². The van der Waals surface area contributed by atoms with Crippen LogP contribution in [-0.2, 0) is 21.3 Å². The van der Waals surface area contributed by atoms with E-state index in [0.29, 0.717) is 37.1 Å². The second-order valence-electron chi connectivity index (χ2n) is 7.87. The number of aliphatic hydroxyl groups is 1. The lowest BCUT2D eigenvalue weighted by molar-refractivity contribution is -0.0891.